The van der Waals surface area contributed by atoms with Crippen LogP contribution in [-0.2, 0) is 11.2 Å². The minimum absolute atomic E-state index is 0.189. The van der Waals surface area contributed by atoms with E-state index in [1.54, 1.807) is 0 Å². The average molecular weight is 283 g/mol. The number of rotatable bonds is 3. The van der Waals surface area contributed by atoms with Gasteiger partial charge in [0.05, 0.1) is 0 Å². The third-order valence-electron chi connectivity index (χ3n) is 5.59. The van der Waals surface area contributed by atoms with E-state index >= 15 is 0 Å². The first-order valence-electron chi connectivity index (χ1n) is 8.13. The first kappa shape index (κ1) is 14.4. The van der Waals surface area contributed by atoms with Gasteiger partial charge in [0.1, 0.15) is 0 Å². The summed E-state index contributed by atoms with van der Waals surface area (Å²) >= 11 is 0. The van der Waals surface area contributed by atoms with E-state index in [9.17, 15) is 4.79 Å². The molecule has 0 aromatic heterocycles. The van der Waals surface area contributed by atoms with Gasteiger partial charge in [-0.05, 0) is 67.0 Å². The first-order chi connectivity index (χ1) is 10.00. The maximum Gasteiger partial charge on any atom is 0.158 e. The predicted molar refractivity (Wildman–Crippen MR) is 88.1 cm³/mol. The summed E-state index contributed by atoms with van der Waals surface area (Å²) in [6.07, 6.45) is 6.41. The van der Waals surface area contributed by atoms with Crippen molar-refractivity contribution in [1.82, 2.24) is 0 Å². The average Bonchev–Trinajstić information content (AvgIpc) is 2.81. The molecule has 0 aliphatic heterocycles. The zero-order valence-corrected chi connectivity index (χ0v) is 13.4. The van der Waals surface area contributed by atoms with Crippen molar-refractivity contribution in [3.63, 3.8) is 0 Å². The molecule has 3 rings (SSSR count). The van der Waals surface area contributed by atoms with Crippen LogP contribution in [0.15, 0.2) is 17.7 Å². The van der Waals surface area contributed by atoms with Crippen molar-refractivity contribution in [3.8, 4) is 0 Å². The Bertz CT molecular complexity index is 641. The van der Waals surface area contributed by atoms with Crippen molar-refractivity contribution in [2.24, 2.45) is 5.41 Å². The molecule has 112 valence electrons. The molecule has 0 spiro atoms. The van der Waals surface area contributed by atoms with E-state index in [-0.39, 0.29) is 5.41 Å². The number of carbonyl (C=O) groups is 1. The van der Waals surface area contributed by atoms with Gasteiger partial charge in [0, 0.05) is 17.5 Å². The molecule has 2 aliphatic rings. The van der Waals surface area contributed by atoms with Crippen LogP contribution in [0, 0.1) is 12.3 Å². The van der Waals surface area contributed by atoms with Crippen LogP contribution in [0.5, 0.6) is 0 Å². The fourth-order valence-corrected chi connectivity index (χ4v) is 4.30. The minimum atomic E-state index is 0.189. The molecule has 2 heteroatoms. The molecular weight excluding hydrogens is 258 g/mol. The lowest BCUT2D eigenvalue weighted by Gasteiger charge is -2.36. The zero-order chi connectivity index (χ0) is 15.2. The van der Waals surface area contributed by atoms with Gasteiger partial charge in [0.2, 0.25) is 0 Å². The van der Waals surface area contributed by atoms with Crippen molar-refractivity contribution < 1.29 is 4.79 Å². The molecule has 1 atom stereocenters. The van der Waals surface area contributed by atoms with Crippen molar-refractivity contribution >= 4 is 17.0 Å². The number of hydrogen-bond donors (Lipinski definition) is 1. The van der Waals surface area contributed by atoms with Crippen molar-refractivity contribution in [1.29, 1.82) is 0 Å². The molecule has 0 heterocycles. The molecule has 0 amide bonds. The minimum Gasteiger partial charge on any atom is -0.399 e. The van der Waals surface area contributed by atoms with Crippen LogP contribution in [0.2, 0.25) is 0 Å². The molecule has 1 aromatic rings. The van der Waals surface area contributed by atoms with Crippen LogP contribution in [-0.4, -0.2) is 5.78 Å². The zero-order valence-electron chi connectivity index (χ0n) is 13.4. The number of carbonyl (C=O) groups excluding carboxylic acids is 1. The Balaban J connectivity index is 2.19. The van der Waals surface area contributed by atoms with Gasteiger partial charge in [-0.3, -0.25) is 4.79 Å². The van der Waals surface area contributed by atoms with E-state index in [0.717, 1.165) is 24.1 Å². The predicted octanol–water partition coefficient (Wildman–Crippen LogP) is 4.45. The summed E-state index contributed by atoms with van der Waals surface area (Å²) in [5.41, 5.74) is 13.4. The van der Waals surface area contributed by atoms with Gasteiger partial charge in [-0.1, -0.05) is 25.8 Å². The second-order valence-electron chi connectivity index (χ2n) is 6.79. The highest BCUT2D eigenvalue weighted by Crippen LogP contribution is 2.57. The van der Waals surface area contributed by atoms with E-state index in [2.05, 4.69) is 19.9 Å². The standard InChI is InChI=1S/C19H25NO/c1-4-5-9-19-10-8-17(21)13(3)18(19)14-6-7-16(20)12(2)15(14)11-19/h6-7H,4-5,8-11,20H2,1-3H3. The number of nitrogens with two attached hydrogens (primary N) is 1. The number of benzene rings is 1. The van der Waals surface area contributed by atoms with Crippen molar-refractivity contribution in [3.05, 3.63) is 34.4 Å². The van der Waals surface area contributed by atoms with Crippen LogP contribution in [0.4, 0.5) is 5.69 Å². The Morgan fingerprint density at radius 3 is 2.76 bits per heavy atom. The SMILES string of the molecule is CCCCC12CCC(=O)C(C)=C1c1ccc(N)c(C)c1C2. The topological polar surface area (TPSA) is 43.1 Å². The van der Waals surface area contributed by atoms with Crippen LogP contribution >= 0.6 is 0 Å². The molecule has 0 saturated heterocycles. The quantitative estimate of drug-likeness (QED) is 0.833. The number of fused-ring (bicyclic) bond motifs is 3. The smallest absolute Gasteiger partial charge is 0.158 e. The Morgan fingerprint density at radius 2 is 2.05 bits per heavy atom. The normalized spacial score (nSPS) is 24.2. The molecular formula is C19H25NO. The second-order valence-corrected chi connectivity index (χ2v) is 6.79. The summed E-state index contributed by atoms with van der Waals surface area (Å²) in [5, 5.41) is 0. The van der Waals surface area contributed by atoms with Gasteiger partial charge in [0.25, 0.3) is 0 Å². The van der Waals surface area contributed by atoms with Gasteiger partial charge in [0.15, 0.2) is 5.78 Å². The van der Waals surface area contributed by atoms with E-state index in [1.165, 1.54) is 41.5 Å². The molecule has 1 unspecified atom stereocenters. The van der Waals surface area contributed by atoms with Crippen LogP contribution in [0.25, 0.3) is 5.57 Å². The molecule has 2 N–H and O–H groups in total. The maximum absolute atomic E-state index is 12.2. The fourth-order valence-electron chi connectivity index (χ4n) is 4.30. The van der Waals surface area contributed by atoms with Gasteiger partial charge in [-0.25, -0.2) is 0 Å². The lowest BCUT2D eigenvalue weighted by molar-refractivity contribution is -0.116. The summed E-state index contributed by atoms with van der Waals surface area (Å²) in [6.45, 7) is 6.39. The second kappa shape index (κ2) is 5.01. The molecule has 1 aromatic carbocycles. The molecule has 2 nitrogen and oxygen atoms in total. The third-order valence-corrected chi connectivity index (χ3v) is 5.59. The van der Waals surface area contributed by atoms with E-state index < -0.39 is 0 Å². The molecule has 0 fully saturated rings. The molecule has 2 aliphatic carbocycles. The maximum atomic E-state index is 12.2. The van der Waals surface area contributed by atoms with Gasteiger partial charge in [-0.2, -0.15) is 0 Å². The number of anilines is 1. The molecule has 0 saturated carbocycles. The number of Topliss-reactive ketones (excluding diaryl/α,β-unsaturated/α-hetero) is 1. The summed E-state index contributed by atoms with van der Waals surface area (Å²) in [6, 6.07) is 4.15. The first-order valence-corrected chi connectivity index (χ1v) is 8.13. The lowest BCUT2D eigenvalue weighted by atomic mass is 9.67. The number of ketones is 1. The largest absolute Gasteiger partial charge is 0.399 e. The van der Waals surface area contributed by atoms with Crippen LogP contribution in [0.3, 0.4) is 0 Å². The van der Waals surface area contributed by atoms with Crippen molar-refractivity contribution in [2.75, 3.05) is 5.73 Å². The number of hydrogen-bond acceptors (Lipinski definition) is 2. The lowest BCUT2D eigenvalue weighted by Crippen LogP contribution is -2.28. The highest BCUT2D eigenvalue weighted by Gasteiger charge is 2.46. The van der Waals surface area contributed by atoms with Crippen LogP contribution < -0.4 is 5.73 Å². The molecule has 21 heavy (non-hydrogen) atoms. The summed E-state index contributed by atoms with van der Waals surface area (Å²) in [5.74, 6) is 0.333. The van der Waals surface area contributed by atoms with Crippen molar-refractivity contribution in [2.45, 2.75) is 59.3 Å². The fraction of sp³-hybridized carbons (Fsp3) is 0.526. The van der Waals surface area contributed by atoms with E-state index in [1.807, 2.05) is 13.0 Å². The van der Waals surface area contributed by atoms with Crippen LogP contribution in [0.1, 0.15) is 62.6 Å². The summed E-state index contributed by atoms with van der Waals surface area (Å²) in [7, 11) is 0. The Kier molecular flexibility index (Phi) is 3.43. The highest BCUT2D eigenvalue weighted by molar-refractivity contribution is 6.06. The van der Waals surface area contributed by atoms with E-state index in [0.29, 0.717) is 12.2 Å². The van der Waals surface area contributed by atoms with Gasteiger partial charge < -0.3 is 5.73 Å². The number of allylic oxidation sites excluding steroid dienone is 2. The van der Waals surface area contributed by atoms with Gasteiger partial charge in [-0.15, -0.1) is 0 Å². The molecule has 0 radical (unpaired) electrons. The monoisotopic (exact) mass is 283 g/mol. The van der Waals surface area contributed by atoms with E-state index in [4.69, 9.17) is 5.73 Å². The summed E-state index contributed by atoms with van der Waals surface area (Å²) < 4.78 is 0. The Hall–Kier alpha value is -1.57. The number of unbranched alkanes of at least 4 members (excludes halogenated alkanes) is 1. The Morgan fingerprint density at radius 1 is 1.29 bits per heavy atom. The molecule has 0 bridgehead atoms. The summed E-state index contributed by atoms with van der Waals surface area (Å²) in [4.78, 5) is 12.2. The highest BCUT2D eigenvalue weighted by atomic mass is 16.1. The Labute approximate surface area is 127 Å². The number of nitrogen functional groups attached to an aromatic ring is 1. The van der Waals surface area contributed by atoms with Gasteiger partial charge >= 0.3 is 0 Å². The third kappa shape index (κ3) is 2.04.